The highest BCUT2D eigenvalue weighted by Crippen LogP contribution is 2.64. The molecule has 4 unspecified atom stereocenters. The summed E-state index contributed by atoms with van der Waals surface area (Å²) in [5, 5.41) is 0. The summed E-state index contributed by atoms with van der Waals surface area (Å²) in [5.74, 6) is 3.33. The molecule has 4 saturated carbocycles. The molecule has 0 N–H and O–H groups in total. The number of carbonyl (C=O) groups is 1. The third-order valence-electron chi connectivity index (χ3n) is 7.69. The summed E-state index contributed by atoms with van der Waals surface area (Å²) in [6.45, 7) is 3.87. The molecular weight excluding hydrogens is 392 g/mol. The van der Waals surface area contributed by atoms with Gasteiger partial charge in [-0.25, -0.2) is 0 Å². The van der Waals surface area contributed by atoms with Crippen molar-refractivity contribution >= 4 is 17.7 Å². The highest BCUT2D eigenvalue weighted by atomic mass is 32.2. The van der Waals surface area contributed by atoms with Gasteiger partial charge in [0, 0.05) is 17.2 Å². The average Bonchev–Trinajstić information content (AvgIpc) is 2.72. The molecular formula is C26H30O3S. The van der Waals surface area contributed by atoms with Gasteiger partial charge in [0.25, 0.3) is 0 Å². The van der Waals surface area contributed by atoms with E-state index in [-0.39, 0.29) is 11.4 Å². The number of esters is 1. The van der Waals surface area contributed by atoms with E-state index in [9.17, 15) is 4.79 Å². The summed E-state index contributed by atoms with van der Waals surface area (Å²) >= 11 is 1.69. The van der Waals surface area contributed by atoms with Gasteiger partial charge in [0.1, 0.15) is 5.75 Å². The molecule has 0 radical (unpaired) electrons. The lowest BCUT2D eigenvalue weighted by molar-refractivity contribution is -0.235. The van der Waals surface area contributed by atoms with Crippen LogP contribution in [0, 0.1) is 29.1 Å². The van der Waals surface area contributed by atoms with E-state index in [1.54, 1.807) is 11.8 Å². The van der Waals surface area contributed by atoms with Crippen molar-refractivity contribution in [1.29, 1.82) is 0 Å². The smallest absolute Gasteiger partial charge is 0.305 e. The Morgan fingerprint density at radius 3 is 2.37 bits per heavy atom. The zero-order valence-corrected chi connectivity index (χ0v) is 18.6. The van der Waals surface area contributed by atoms with Gasteiger partial charge in [-0.2, -0.15) is 0 Å². The Morgan fingerprint density at radius 1 is 1.00 bits per heavy atom. The van der Waals surface area contributed by atoms with Crippen LogP contribution in [0.1, 0.15) is 46.0 Å². The Labute approximate surface area is 183 Å². The van der Waals surface area contributed by atoms with Gasteiger partial charge in [-0.1, -0.05) is 49.0 Å². The Hall–Kier alpha value is -1.94. The van der Waals surface area contributed by atoms with Crippen molar-refractivity contribution in [3.63, 3.8) is 0 Å². The van der Waals surface area contributed by atoms with E-state index in [2.05, 4.69) is 25.1 Å². The number of rotatable bonds is 6. The molecule has 0 aromatic heterocycles. The minimum absolute atomic E-state index is 0.0645. The molecule has 0 amide bonds. The number of hydrogen-bond acceptors (Lipinski definition) is 4. The fourth-order valence-corrected chi connectivity index (χ4v) is 7.45. The van der Waals surface area contributed by atoms with Gasteiger partial charge < -0.3 is 9.47 Å². The third kappa shape index (κ3) is 3.64. The van der Waals surface area contributed by atoms with Gasteiger partial charge in [-0.15, -0.1) is 0 Å². The van der Waals surface area contributed by atoms with Gasteiger partial charge in [0.05, 0.1) is 4.90 Å². The molecule has 4 heteroatoms. The fourth-order valence-electron chi connectivity index (χ4n) is 6.54. The highest BCUT2D eigenvalue weighted by Gasteiger charge is 2.60. The van der Waals surface area contributed by atoms with E-state index in [0.29, 0.717) is 5.92 Å². The second kappa shape index (κ2) is 7.96. The number of benzene rings is 2. The van der Waals surface area contributed by atoms with Crippen LogP contribution in [0.5, 0.6) is 5.75 Å². The van der Waals surface area contributed by atoms with Crippen LogP contribution in [-0.2, 0) is 9.53 Å². The van der Waals surface area contributed by atoms with Crippen LogP contribution in [0.4, 0.5) is 0 Å². The summed E-state index contributed by atoms with van der Waals surface area (Å²) in [4.78, 5) is 14.3. The monoisotopic (exact) mass is 422 g/mol. The van der Waals surface area contributed by atoms with E-state index in [0.717, 1.165) is 41.2 Å². The van der Waals surface area contributed by atoms with E-state index >= 15 is 0 Å². The Kier molecular flexibility index (Phi) is 5.30. The molecule has 0 saturated heterocycles. The molecule has 4 fully saturated rings. The minimum Gasteiger partial charge on any atom is -0.453 e. The Balaban J connectivity index is 1.46. The van der Waals surface area contributed by atoms with Crippen molar-refractivity contribution < 1.29 is 14.3 Å². The summed E-state index contributed by atoms with van der Waals surface area (Å²) in [6.07, 6.45) is 5.74. The Morgan fingerprint density at radius 2 is 1.67 bits per heavy atom. The molecule has 0 aliphatic heterocycles. The van der Waals surface area contributed by atoms with Crippen molar-refractivity contribution in [1.82, 2.24) is 0 Å². The maximum atomic E-state index is 12.1. The van der Waals surface area contributed by atoms with E-state index < -0.39 is 6.29 Å². The van der Waals surface area contributed by atoms with Crippen LogP contribution in [-0.4, -0.2) is 12.3 Å². The van der Waals surface area contributed by atoms with Crippen LogP contribution in [0.3, 0.4) is 0 Å². The molecule has 4 aliphatic carbocycles. The topological polar surface area (TPSA) is 35.5 Å². The molecule has 0 heterocycles. The maximum Gasteiger partial charge on any atom is 0.305 e. The first-order valence-corrected chi connectivity index (χ1v) is 12.0. The second-order valence-electron chi connectivity index (χ2n) is 9.55. The first-order valence-electron chi connectivity index (χ1n) is 11.2. The predicted molar refractivity (Wildman–Crippen MR) is 118 cm³/mol. The van der Waals surface area contributed by atoms with E-state index in [1.807, 2.05) is 36.4 Å². The first-order chi connectivity index (χ1) is 14.5. The van der Waals surface area contributed by atoms with E-state index in [1.165, 1.54) is 31.1 Å². The number of para-hydroxylation sites is 1. The zero-order valence-electron chi connectivity index (χ0n) is 17.8. The fraction of sp³-hybridized carbons (Fsp3) is 0.500. The third-order valence-corrected chi connectivity index (χ3v) is 8.75. The van der Waals surface area contributed by atoms with Crippen LogP contribution >= 0.6 is 11.8 Å². The van der Waals surface area contributed by atoms with Crippen molar-refractivity contribution in [2.75, 3.05) is 0 Å². The molecule has 4 aliphatic rings. The normalized spacial score (nSPS) is 32.6. The molecule has 3 nitrogen and oxygen atoms in total. The molecule has 4 bridgehead atoms. The van der Waals surface area contributed by atoms with Crippen molar-refractivity contribution in [2.45, 2.75) is 62.0 Å². The number of ether oxygens (including phenoxy) is 2. The molecule has 2 aromatic carbocycles. The molecule has 6 rings (SSSR count). The minimum atomic E-state index is -0.518. The highest BCUT2D eigenvalue weighted by molar-refractivity contribution is 7.99. The number of carbonyl (C=O) groups excluding carboxylic acids is 1. The summed E-state index contributed by atoms with van der Waals surface area (Å²) < 4.78 is 12.6. The van der Waals surface area contributed by atoms with Crippen molar-refractivity contribution in [3.05, 3.63) is 54.6 Å². The van der Waals surface area contributed by atoms with Gasteiger partial charge >= 0.3 is 5.97 Å². The average molecular weight is 423 g/mol. The van der Waals surface area contributed by atoms with Gasteiger partial charge in [-0.05, 0) is 80.0 Å². The SMILES string of the molecule is CC(=O)OC(Oc1ccccc1Sc1ccccc1)C12CC3CC(CC(C3)C1C)C2. The quantitative estimate of drug-likeness (QED) is 0.390. The summed E-state index contributed by atoms with van der Waals surface area (Å²) in [5.41, 5.74) is -0.0645. The van der Waals surface area contributed by atoms with Gasteiger partial charge in [0.15, 0.2) is 0 Å². The molecule has 0 spiro atoms. The van der Waals surface area contributed by atoms with Crippen molar-refractivity contribution in [2.24, 2.45) is 29.1 Å². The lowest BCUT2D eigenvalue weighted by Crippen LogP contribution is -2.59. The van der Waals surface area contributed by atoms with Crippen LogP contribution in [0.25, 0.3) is 0 Å². The lowest BCUT2D eigenvalue weighted by Gasteiger charge is -2.61. The first kappa shape index (κ1) is 20.0. The van der Waals surface area contributed by atoms with Crippen LogP contribution in [0.2, 0.25) is 0 Å². The summed E-state index contributed by atoms with van der Waals surface area (Å²) in [7, 11) is 0. The summed E-state index contributed by atoms with van der Waals surface area (Å²) in [6, 6.07) is 18.4. The molecule has 30 heavy (non-hydrogen) atoms. The number of hydrogen-bond donors (Lipinski definition) is 0. The molecule has 158 valence electrons. The second-order valence-corrected chi connectivity index (χ2v) is 10.7. The van der Waals surface area contributed by atoms with Crippen LogP contribution in [0.15, 0.2) is 64.4 Å². The van der Waals surface area contributed by atoms with E-state index in [4.69, 9.17) is 9.47 Å². The molecule has 4 atom stereocenters. The van der Waals surface area contributed by atoms with Gasteiger partial charge in [-0.3, -0.25) is 4.79 Å². The van der Waals surface area contributed by atoms with Crippen molar-refractivity contribution in [3.8, 4) is 5.75 Å². The zero-order chi connectivity index (χ0) is 20.7. The largest absolute Gasteiger partial charge is 0.453 e. The maximum absolute atomic E-state index is 12.1. The molecule has 2 aromatic rings. The van der Waals surface area contributed by atoms with Gasteiger partial charge in [0.2, 0.25) is 6.29 Å². The lowest BCUT2D eigenvalue weighted by atomic mass is 9.45. The predicted octanol–water partition coefficient (Wildman–Crippen LogP) is 6.57. The van der Waals surface area contributed by atoms with Crippen LogP contribution < -0.4 is 4.74 Å². The Bertz CT molecular complexity index is 898. The standard InChI is InChI=1S/C26H30O3S/c1-17-21-13-19-12-20(14-21)16-26(17,15-19)25(28-18(2)27)29-23-10-6-7-11-24(23)30-22-8-4-3-5-9-22/h3-11,17,19-21,25H,12-16H2,1-2H3.